The minimum Gasteiger partial charge on any atom is -0.456 e. The van der Waals surface area contributed by atoms with Gasteiger partial charge in [-0.05, 0) is 0 Å². The predicted molar refractivity (Wildman–Crippen MR) is 41.8 cm³/mol. The second kappa shape index (κ2) is 3.99. The number of rotatable bonds is 4. The van der Waals surface area contributed by atoms with Crippen LogP contribution in [-0.2, 0) is 24.4 Å². The van der Waals surface area contributed by atoms with E-state index in [1.54, 1.807) is 0 Å². The van der Waals surface area contributed by atoms with Gasteiger partial charge in [0.25, 0.3) is 0 Å². The van der Waals surface area contributed by atoms with Crippen LogP contribution in [0.2, 0.25) is 0 Å². The van der Waals surface area contributed by atoms with Gasteiger partial charge in [-0.25, -0.2) is 4.79 Å². The molecule has 88 valence electrons. The van der Waals surface area contributed by atoms with Gasteiger partial charge < -0.3 is 9.47 Å². The van der Waals surface area contributed by atoms with Crippen LogP contribution in [0.4, 0.5) is 8.78 Å². The summed E-state index contributed by atoms with van der Waals surface area (Å²) < 4.78 is 61.9. The fourth-order valence-electron chi connectivity index (χ4n) is 0.744. The first-order valence-electron chi connectivity index (χ1n) is 3.87. The molecule has 0 saturated carbocycles. The number of alkyl halides is 2. The summed E-state index contributed by atoms with van der Waals surface area (Å²) in [7, 11) is -5.56. The van der Waals surface area contributed by atoms with E-state index in [0.29, 0.717) is 13.0 Å². The monoisotopic (exact) mass is 246 g/mol. The first-order valence-corrected chi connectivity index (χ1v) is 5.31. The standard InChI is InChI=1S/C6H8F2O6S/c7-6(8,15(10,11)12)3-14-5(9)4-1-2-13-4/h4H,1-3H2,(H,10,11,12). The molecular formula is C6H8F2O6S. The molecular weight excluding hydrogens is 238 g/mol. The van der Waals surface area contributed by atoms with E-state index in [1.807, 2.05) is 0 Å². The molecule has 0 aromatic heterocycles. The molecule has 1 N–H and O–H groups in total. The van der Waals surface area contributed by atoms with E-state index in [-0.39, 0.29) is 0 Å². The van der Waals surface area contributed by atoms with Crippen molar-refractivity contribution in [2.45, 2.75) is 17.8 Å². The van der Waals surface area contributed by atoms with Crippen molar-refractivity contribution >= 4 is 16.1 Å². The lowest BCUT2D eigenvalue weighted by Crippen LogP contribution is -2.40. The fourth-order valence-corrected chi connectivity index (χ4v) is 0.952. The lowest BCUT2D eigenvalue weighted by Gasteiger charge is -2.24. The maximum atomic E-state index is 12.5. The van der Waals surface area contributed by atoms with Crippen molar-refractivity contribution in [2.24, 2.45) is 0 Å². The molecule has 0 radical (unpaired) electrons. The van der Waals surface area contributed by atoms with Gasteiger partial charge in [0.05, 0.1) is 6.61 Å². The van der Waals surface area contributed by atoms with Crippen LogP contribution in [0.1, 0.15) is 6.42 Å². The van der Waals surface area contributed by atoms with Crippen LogP contribution >= 0.6 is 0 Å². The second-order valence-corrected chi connectivity index (χ2v) is 4.42. The summed E-state index contributed by atoms with van der Waals surface area (Å²) in [6, 6.07) is 0. The highest BCUT2D eigenvalue weighted by Crippen LogP contribution is 2.21. The van der Waals surface area contributed by atoms with E-state index < -0.39 is 34.1 Å². The number of esters is 1. The number of halogens is 2. The molecule has 15 heavy (non-hydrogen) atoms. The molecule has 1 rings (SSSR count). The molecule has 0 aliphatic carbocycles. The third kappa shape index (κ3) is 2.83. The number of carbonyl (C=O) groups excluding carboxylic acids is 1. The van der Waals surface area contributed by atoms with Crippen LogP contribution in [0.25, 0.3) is 0 Å². The quantitative estimate of drug-likeness (QED) is 0.545. The van der Waals surface area contributed by atoms with Gasteiger partial charge in [0, 0.05) is 6.42 Å². The molecule has 0 aromatic carbocycles. The Morgan fingerprint density at radius 1 is 1.60 bits per heavy atom. The summed E-state index contributed by atoms with van der Waals surface area (Å²) >= 11 is 0. The van der Waals surface area contributed by atoms with Crippen LogP contribution in [0.5, 0.6) is 0 Å². The lowest BCUT2D eigenvalue weighted by atomic mass is 10.2. The van der Waals surface area contributed by atoms with Gasteiger partial charge in [-0.1, -0.05) is 0 Å². The summed E-state index contributed by atoms with van der Waals surface area (Å²) in [5, 5.41) is -4.49. The zero-order chi connectivity index (χ0) is 11.7. The van der Waals surface area contributed by atoms with Crippen molar-refractivity contribution in [2.75, 3.05) is 13.2 Å². The van der Waals surface area contributed by atoms with Gasteiger partial charge in [-0.2, -0.15) is 17.2 Å². The van der Waals surface area contributed by atoms with E-state index >= 15 is 0 Å². The zero-order valence-corrected chi connectivity index (χ0v) is 8.17. The smallest absolute Gasteiger partial charge is 0.402 e. The number of hydrogen-bond donors (Lipinski definition) is 1. The number of carbonyl (C=O) groups is 1. The van der Waals surface area contributed by atoms with Gasteiger partial charge in [-0.15, -0.1) is 0 Å². The average molecular weight is 246 g/mol. The highest BCUT2D eigenvalue weighted by molar-refractivity contribution is 7.86. The Morgan fingerprint density at radius 3 is 2.47 bits per heavy atom. The van der Waals surface area contributed by atoms with Crippen molar-refractivity contribution in [3.05, 3.63) is 0 Å². The molecule has 6 nitrogen and oxygen atoms in total. The van der Waals surface area contributed by atoms with Crippen molar-refractivity contribution in [3.63, 3.8) is 0 Å². The highest BCUT2D eigenvalue weighted by Gasteiger charge is 2.46. The van der Waals surface area contributed by atoms with Gasteiger partial charge in [0.2, 0.25) is 0 Å². The minimum atomic E-state index is -5.56. The number of ether oxygens (including phenoxy) is 2. The Kier molecular flexibility index (Phi) is 3.26. The maximum absolute atomic E-state index is 12.5. The Bertz CT molecular complexity index is 347. The van der Waals surface area contributed by atoms with E-state index in [0.717, 1.165) is 0 Å². The zero-order valence-electron chi connectivity index (χ0n) is 7.35. The van der Waals surface area contributed by atoms with Gasteiger partial charge >= 0.3 is 21.3 Å². The normalized spacial score (nSPS) is 21.9. The summed E-state index contributed by atoms with van der Waals surface area (Å²) in [4.78, 5) is 10.8. The Balaban J connectivity index is 2.45. The van der Waals surface area contributed by atoms with Gasteiger partial charge in [0.15, 0.2) is 12.7 Å². The number of hydrogen-bond acceptors (Lipinski definition) is 5. The molecule has 0 spiro atoms. The molecule has 9 heteroatoms. The molecule has 1 heterocycles. The Morgan fingerprint density at radius 2 is 2.13 bits per heavy atom. The second-order valence-electron chi connectivity index (χ2n) is 2.87. The highest BCUT2D eigenvalue weighted by atomic mass is 32.2. The molecule has 1 aliphatic heterocycles. The van der Waals surface area contributed by atoms with Crippen LogP contribution in [-0.4, -0.2) is 43.5 Å². The largest absolute Gasteiger partial charge is 0.456 e. The van der Waals surface area contributed by atoms with Crippen LogP contribution in [0.15, 0.2) is 0 Å². The van der Waals surface area contributed by atoms with Crippen LogP contribution in [0, 0.1) is 0 Å². The third-order valence-electron chi connectivity index (χ3n) is 1.72. The summed E-state index contributed by atoms with van der Waals surface area (Å²) in [5.74, 6) is -1.07. The molecule has 0 amide bonds. The van der Waals surface area contributed by atoms with Crippen molar-refractivity contribution in [1.82, 2.24) is 0 Å². The Labute approximate surface area is 83.9 Å². The third-order valence-corrected chi connectivity index (χ3v) is 2.59. The van der Waals surface area contributed by atoms with Gasteiger partial charge in [-0.3, -0.25) is 4.55 Å². The molecule has 1 atom stereocenters. The lowest BCUT2D eigenvalue weighted by molar-refractivity contribution is -0.175. The average Bonchev–Trinajstić information content (AvgIpc) is 1.95. The first kappa shape index (κ1) is 12.3. The van der Waals surface area contributed by atoms with E-state index in [4.69, 9.17) is 4.55 Å². The Hall–Kier alpha value is -0.800. The van der Waals surface area contributed by atoms with E-state index in [9.17, 15) is 22.0 Å². The molecule has 0 aromatic rings. The summed E-state index contributed by atoms with van der Waals surface area (Å²) in [6.07, 6.45) is -0.571. The topological polar surface area (TPSA) is 89.9 Å². The van der Waals surface area contributed by atoms with Crippen LogP contribution in [0.3, 0.4) is 0 Å². The van der Waals surface area contributed by atoms with E-state index in [1.165, 1.54) is 0 Å². The molecule has 0 bridgehead atoms. The summed E-state index contributed by atoms with van der Waals surface area (Å²) in [5.41, 5.74) is 0. The molecule has 1 unspecified atom stereocenters. The first-order chi connectivity index (χ1) is 6.74. The molecule has 1 fully saturated rings. The molecule has 1 saturated heterocycles. The SMILES string of the molecule is O=C(OCC(F)(F)S(=O)(=O)O)C1CCO1. The van der Waals surface area contributed by atoms with Crippen molar-refractivity contribution in [3.8, 4) is 0 Å². The van der Waals surface area contributed by atoms with Crippen molar-refractivity contribution in [1.29, 1.82) is 0 Å². The summed E-state index contributed by atoms with van der Waals surface area (Å²) in [6.45, 7) is -1.39. The maximum Gasteiger partial charge on any atom is 0.402 e. The molecule has 1 aliphatic rings. The fraction of sp³-hybridized carbons (Fsp3) is 0.833. The van der Waals surface area contributed by atoms with Gasteiger partial charge in [0.1, 0.15) is 0 Å². The van der Waals surface area contributed by atoms with E-state index in [2.05, 4.69) is 9.47 Å². The minimum absolute atomic E-state index is 0.328. The van der Waals surface area contributed by atoms with Crippen LogP contribution < -0.4 is 0 Å². The van der Waals surface area contributed by atoms with Crippen molar-refractivity contribution < 1.29 is 36.0 Å². The predicted octanol–water partition coefficient (Wildman–Crippen LogP) is -0.201.